The summed E-state index contributed by atoms with van der Waals surface area (Å²) in [5.74, 6) is -8.83. The Kier molecular flexibility index (Phi) is 36.5. The maximum atomic E-state index is 13.1. The largest absolute Gasteiger partial charge is 0.477 e. The Morgan fingerprint density at radius 3 is 1.25 bits per heavy atom. The molecule has 0 aromatic rings. The van der Waals surface area contributed by atoms with Gasteiger partial charge in [0.05, 0.1) is 84.3 Å². The summed E-state index contributed by atoms with van der Waals surface area (Å²) < 4.78 is 93.6. The van der Waals surface area contributed by atoms with Crippen molar-refractivity contribution in [1.82, 2.24) is 21.3 Å². The lowest BCUT2D eigenvalue weighted by molar-refractivity contribution is -0.398. The van der Waals surface area contributed by atoms with E-state index in [1.165, 1.54) is 0 Å². The van der Waals surface area contributed by atoms with Crippen LogP contribution in [0.25, 0.3) is 0 Å². The van der Waals surface area contributed by atoms with Gasteiger partial charge < -0.3 is 240 Å². The Bertz CT molecular complexity index is 3150. The molecule has 0 bridgehead atoms. The first-order valence-corrected chi connectivity index (χ1v) is 37.2. The number of nitrogens with one attached hydrogen (secondary N) is 4. The summed E-state index contributed by atoms with van der Waals surface area (Å²) in [6.07, 6.45) is -88.8. The van der Waals surface area contributed by atoms with E-state index in [1.54, 1.807) is 0 Å². The van der Waals surface area contributed by atoms with Crippen molar-refractivity contribution >= 4 is 29.6 Å². The van der Waals surface area contributed by atoms with Crippen molar-refractivity contribution in [3.05, 3.63) is 0 Å². The van der Waals surface area contributed by atoms with Gasteiger partial charge >= 0.3 is 5.97 Å². The Balaban J connectivity index is 1.10. The second-order valence-electron chi connectivity index (χ2n) is 29.4. The first-order chi connectivity index (χ1) is 55.6. The lowest BCUT2D eigenvalue weighted by Crippen LogP contribution is -2.70. The lowest BCUT2D eigenvalue weighted by atomic mass is 9.88. The van der Waals surface area contributed by atoms with Gasteiger partial charge in [-0.2, -0.15) is 0 Å². The fourth-order valence-corrected chi connectivity index (χ4v) is 14.6. The number of hydrogen-bond acceptors (Lipinski definition) is 48. The predicted octanol–water partition coefficient (Wildman–Crippen LogP) is -21.2. The lowest BCUT2D eigenvalue weighted by Gasteiger charge is -2.51. The van der Waals surface area contributed by atoms with Gasteiger partial charge in [0, 0.05) is 34.1 Å². The van der Waals surface area contributed by atoms with Crippen LogP contribution in [0.4, 0.5) is 0 Å². The molecule has 8 fully saturated rings. The maximum Gasteiger partial charge on any atom is 0.364 e. The third-order valence-electron chi connectivity index (χ3n) is 21.0. The van der Waals surface area contributed by atoms with E-state index in [4.69, 9.17) is 75.8 Å². The number of carbonyl (C=O) groups is 5. The summed E-state index contributed by atoms with van der Waals surface area (Å²) in [6, 6.07) is -7.41. The van der Waals surface area contributed by atoms with E-state index in [2.05, 4.69) is 21.3 Å². The quantitative estimate of drug-likeness (QED) is 0.0277. The van der Waals surface area contributed by atoms with Crippen molar-refractivity contribution in [3.8, 4) is 0 Å². The minimum atomic E-state index is -3.09. The molecule has 0 aromatic carbocycles. The van der Waals surface area contributed by atoms with E-state index in [9.17, 15) is 167 Å². The van der Waals surface area contributed by atoms with E-state index >= 15 is 0 Å². The third kappa shape index (κ3) is 22.5. The van der Waals surface area contributed by atoms with Crippen LogP contribution in [0.1, 0.15) is 34.1 Å². The molecule has 0 unspecified atom stereocenters. The number of aliphatic carboxylic acids is 1. The van der Waals surface area contributed by atoms with Crippen molar-refractivity contribution in [2.45, 2.75) is 310 Å². The summed E-state index contributed by atoms with van der Waals surface area (Å²) in [5.41, 5.74) is 0. The van der Waals surface area contributed by atoms with Gasteiger partial charge in [-0.25, -0.2) is 4.79 Å². The molecule has 8 saturated heterocycles. The Morgan fingerprint density at radius 2 is 0.771 bits per heavy atom. The Labute approximate surface area is 667 Å². The highest BCUT2D eigenvalue weighted by Gasteiger charge is 2.62. The van der Waals surface area contributed by atoms with Gasteiger partial charge in [-0.3, -0.25) is 19.2 Å². The highest BCUT2D eigenvalue weighted by atomic mass is 16.8. The van der Waals surface area contributed by atoms with Gasteiger partial charge in [0.2, 0.25) is 23.6 Å². The number of aliphatic hydroxyl groups is 27. The summed E-state index contributed by atoms with van der Waals surface area (Å²) in [5, 5.41) is 318. The molecule has 8 heterocycles. The molecule has 53 nitrogen and oxygen atoms in total. The topological polar surface area (TPSA) is 848 Å². The number of aliphatic hydroxyl groups excluding tert-OH is 27. The fourth-order valence-electron chi connectivity index (χ4n) is 14.6. The van der Waals surface area contributed by atoms with Crippen molar-refractivity contribution < 1.29 is 243 Å². The van der Waals surface area contributed by atoms with Crippen molar-refractivity contribution in [2.24, 2.45) is 0 Å². The third-order valence-corrected chi connectivity index (χ3v) is 21.0. The van der Waals surface area contributed by atoms with Crippen molar-refractivity contribution in [3.63, 3.8) is 0 Å². The van der Waals surface area contributed by atoms with Gasteiger partial charge in [0.25, 0.3) is 5.79 Å². The van der Waals surface area contributed by atoms with Gasteiger partial charge in [0.15, 0.2) is 44.0 Å². The maximum absolute atomic E-state index is 13.1. The molecule has 53 heteroatoms. The van der Waals surface area contributed by atoms with Crippen molar-refractivity contribution in [2.75, 3.05) is 66.1 Å². The SMILES string of the molecule is CC(=O)N[C@H]1[C@H](O[C@@H]([C@H](O)[C@H](CO)NC(C)=O)[C@H](O)CO)O[C@H](CO)[C@@H](O[C@@H]2O[C@H](CO[C@H]3O[C@H](CO)[C@@H](O)[C@H](O[C@H]4O[C@H](CO)[C@@H](O)[C@H](O)[C@@H]4O)[C@@H]3O)[C@@H](O)[C@H](O[C@H]3O[C@H](CO)[C@@H](O)[C@H](O)[C@@H]3O[C@@H]3O[C@H](CO)[C@@H](O[C@@H]4O[C@H](CO[C@]5(C(=O)O)C[C@H](O)[C@@H](NC(C)=O)[C@H]([C@H](O)[C@H](O)CO)O5)[C@H](O)[C@H](O)[C@H]4O)[C@H](O)[C@H]3NC(C)=O)[C@@H]2O)[C@@H]1O. The molecule has 4 amide bonds. The minimum absolute atomic E-state index is 0.818. The van der Waals surface area contributed by atoms with Crippen LogP contribution in [0, 0.1) is 0 Å². The van der Waals surface area contributed by atoms with Crippen LogP contribution in [0.3, 0.4) is 0 Å². The molecule has 45 atom stereocenters. The number of ether oxygens (including phenoxy) is 16. The molecule has 0 radical (unpaired) electrons. The molecule has 8 rings (SSSR count). The monoisotopic (exact) mass is 1730 g/mol. The molecule has 0 aliphatic carbocycles. The standard InChI is InChI=1S/C65H110N4O49/c1-16(78)66-20(6-70)34(85)50(23(84)8-72)112-57-32(68-18(3)80)41(92)52(28(13-77)108-57)114-62-49(100)55(40(91)29(110-62)14-103-59-48(99)54(39(90)26(11-75)105-59)115-60-46(97)43(94)36(87)24(9-73)106-60)116-63-56(45(96)37(88)25(10-74)107-63)117-58-33(69-19(4)81)42(93)51(27(12-76)109-58)113-61-47(98)44(95)38(89)30(111-61)15-104-65(64(101)102)5-21(82)31(67-17(2)79)53(118-65)35(86)22(83)7-71/h20-63,70-77,82-100H,5-15H2,1-4H3,(H,66,78)(H,67,79)(H,68,80)(H,69,81)(H,101,102)/t20-,21-,22+,23+,24+,25+,26+,27+,28+,29+,30+,31+,32+,33+,34+,35+,36+,37+,38-,39+,40+,41+,42+,43-,44-,45-,46-,47+,48-,49-,50+,51+,52+,53+,54-,55-,56-,57-,58-,59-,60+,61-,62-,63+,65+/m0/s1. The number of rotatable bonds is 36. The molecule has 118 heavy (non-hydrogen) atoms. The molecule has 0 aromatic heterocycles. The highest BCUT2D eigenvalue weighted by Crippen LogP contribution is 2.41. The van der Waals surface area contributed by atoms with E-state index in [0.717, 1.165) is 27.7 Å². The second kappa shape index (κ2) is 43.5. The molecule has 684 valence electrons. The predicted molar refractivity (Wildman–Crippen MR) is 363 cm³/mol. The van der Waals surface area contributed by atoms with Crippen LogP contribution >= 0.6 is 0 Å². The molecule has 32 N–H and O–H groups in total. The van der Waals surface area contributed by atoms with Crippen LogP contribution in [0.5, 0.6) is 0 Å². The average Bonchev–Trinajstić information content (AvgIpc) is 0.764. The fraction of sp³-hybridized carbons (Fsp3) is 0.923. The van der Waals surface area contributed by atoms with Crippen LogP contribution < -0.4 is 21.3 Å². The Hall–Kier alpha value is -4.37. The van der Waals surface area contributed by atoms with Crippen molar-refractivity contribution in [1.29, 1.82) is 0 Å². The van der Waals surface area contributed by atoms with Crippen LogP contribution in [-0.2, 0) is 99.8 Å². The van der Waals surface area contributed by atoms with E-state index in [0.29, 0.717) is 0 Å². The molecule has 8 aliphatic rings. The summed E-state index contributed by atoms with van der Waals surface area (Å²) in [4.78, 5) is 63.2. The zero-order chi connectivity index (χ0) is 87.7. The van der Waals surface area contributed by atoms with Gasteiger partial charge in [-0.1, -0.05) is 0 Å². The van der Waals surface area contributed by atoms with Crippen LogP contribution in [-0.4, -0.2) is 514 Å². The number of carboxylic acid groups (broad SMARTS) is 1. The number of hydrogen-bond donors (Lipinski definition) is 32. The second-order valence-corrected chi connectivity index (χ2v) is 29.4. The number of amides is 4. The average molecular weight is 1730 g/mol. The first kappa shape index (κ1) is 99.1. The van der Waals surface area contributed by atoms with E-state index in [1.807, 2.05) is 0 Å². The summed E-state index contributed by atoms with van der Waals surface area (Å²) in [7, 11) is 0. The molecule has 0 saturated carbocycles. The molecular weight excluding hydrogens is 1620 g/mol. The Morgan fingerprint density at radius 1 is 0.381 bits per heavy atom. The summed E-state index contributed by atoms with van der Waals surface area (Å²) in [6.45, 7) is -7.90. The normalized spacial score (nSPS) is 44.7. The van der Waals surface area contributed by atoms with E-state index in [-0.39, 0.29) is 0 Å². The van der Waals surface area contributed by atoms with Gasteiger partial charge in [-0.05, 0) is 0 Å². The van der Waals surface area contributed by atoms with Gasteiger partial charge in [0.1, 0.15) is 207 Å². The minimum Gasteiger partial charge on any atom is -0.477 e. The smallest absolute Gasteiger partial charge is 0.364 e. The molecule has 0 spiro atoms. The van der Waals surface area contributed by atoms with Crippen LogP contribution in [0.15, 0.2) is 0 Å². The number of carbonyl (C=O) groups excluding carboxylic acids is 4. The molecule has 8 aliphatic heterocycles. The van der Waals surface area contributed by atoms with Crippen LogP contribution in [0.2, 0.25) is 0 Å². The zero-order valence-electron chi connectivity index (χ0n) is 63.3. The van der Waals surface area contributed by atoms with Gasteiger partial charge in [-0.15, -0.1) is 0 Å². The van der Waals surface area contributed by atoms with E-state index < -0.39 is 378 Å². The highest BCUT2D eigenvalue weighted by molar-refractivity contribution is 5.77. The first-order valence-electron chi connectivity index (χ1n) is 37.2. The number of carboxylic acids is 1. The zero-order valence-corrected chi connectivity index (χ0v) is 63.3. The summed E-state index contributed by atoms with van der Waals surface area (Å²) >= 11 is 0. The molecular formula is C65H110N4O49.